The summed E-state index contributed by atoms with van der Waals surface area (Å²) in [5, 5.41) is 9.58. The van der Waals surface area contributed by atoms with E-state index in [1.54, 1.807) is 6.07 Å². The average molecular weight is 469 g/mol. The number of hydrogen-bond donors (Lipinski definition) is 2. The molecule has 0 saturated carbocycles. The summed E-state index contributed by atoms with van der Waals surface area (Å²) in [6.07, 6.45) is 0. The van der Waals surface area contributed by atoms with Crippen LogP contribution in [0, 0.1) is 11.8 Å². The second kappa shape index (κ2) is 10.2. The molecule has 2 rings (SSSR count). The molecule has 0 aliphatic heterocycles. The first-order valence-electron chi connectivity index (χ1n) is 9.93. The van der Waals surface area contributed by atoms with E-state index < -0.39 is 16.0 Å². The molecule has 0 fully saturated rings. The van der Waals surface area contributed by atoms with Gasteiger partial charge in [-0.3, -0.25) is 4.72 Å². The van der Waals surface area contributed by atoms with Gasteiger partial charge < -0.3 is 14.7 Å². The van der Waals surface area contributed by atoms with Crippen molar-refractivity contribution >= 4 is 39.0 Å². The van der Waals surface area contributed by atoms with E-state index in [9.17, 15) is 18.3 Å². The molecule has 7 nitrogen and oxygen atoms in total. The number of ether oxygens (including phenoxy) is 1. The fourth-order valence-electron chi connectivity index (χ4n) is 3.20. The zero-order valence-corrected chi connectivity index (χ0v) is 19.9. The van der Waals surface area contributed by atoms with Crippen molar-refractivity contribution in [3.05, 3.63) is 47.0 Å². The minimum absolute atomic E-state index is 0.0109. The molecule has 0 aliphatic carbocycles. The predicted molar refractivity (Wildman–Crippen MR) is 124 cm³/mol. The molecule has 0 atom stereocenters. The van der Waals surface area contributed by atoms with Crippen LogP contribution in [-0.2, 0) is 10.0 Å². The van der Waals surface area contributed by atoms with Gasteiger partial charge in [0.1, 0.15) is 5.75 Å². The van der Waals surface area contributed by atoms with Gasteiger partial charge in [0.15, 0.2) is 0 Å². The number of halogens is 1. The molecule has 2 aromatic rings. The number of benzene rings is 2. The summed E-state index contributed by atoms with van der Waals surface area (Å²) in [6, 6.07) is 8.61. The van der Waals surface area contributed by atoms with Crippen LogP contribution in [0.15, 0.2) is 41.3 Å². The lowest BCUT2D eigenvalue weighted by molar-refractivity contribution is 0.0697. The Hall–Kier alpha value is -2.45. The zero-order valence-electron chi connectivity index (χ0n) is 18.3. The third-order valence-corrected chi connectivity index (χ3v) is 6.09. The summed E-state index contributed by atoms with van der Waals surface area (Å²) in [5.74, 6) is -0.140. The Labute approximate surface area is 189 Å². The molecule has 0 radical (unpaired) electrons. The lowest BCUT2D eigenvalue weighted by atomic mass is 10.1. The van der Waals surface area contributed by atoms with Crippen LogP contribution in [0.2, 0.25) is 5.02 Å². The van der Waals surface area contributed by atoms with E-state index in [-0.39, 0.29) is 21.2 Å². The van der Waals surface area contributed by atoms with Crippen LogP contribution in [0.4, 0.5) is 11.4 Å². The van der Waals surface area contributed by atoms with Gasteiger partial charge in [-0.2, -0.15) is 0 Å². The summed E-state index contributed by atoms with van der Waals surface area (Å²) in [5.41, 5.74) is 0.812. The molecule has 0 aliphatic rings. The molecule has 170 valence electrons. The van der Waals surface area contributed by atoms with E-state index >= 15 is 0 Å². The number of aromatic carboxylic acids is 1. The summed E-state index contributed by atoms with van der Waals surface area (Å²) in [4.78, 5) is 13.5. The zero-order chi connectivity index (χ0) is 23.3. The first-order chi connectivity index (χ1) is 14.4. The van der Waals surface area contributed by atoms with Gasteiger partial charge in [0.05, 0.1) is 34.0 Å². The smallest absolute Gasteiger partial charge is 0.335 e. The second-order valence-corrected chi connectivity index (χ2v) is 10.2. The van der Waals surface area contributed by atoms with Crippen molar-refractivity contribution in [2.75, 3.05) is 29.8 Å². The van der Waals surface area contributed by atoms with Crippen molar-refractivity contribution < 1.29 is 23.1 Å². The van der Waals surface area contributed by atoms with Gasteiger partial charge >= 0.3 is 5.97 Å². The van der Waals surface area contributed by atoms with E-state index in [1.165, 1.54) is 37.4 Å². The fraction of sp³-hybridized carbons (Fsp3) is 0.409. The number of nitrogens with zero attached hydrogens (tertiary/aromatic N) is 1. The van der Waals surface area contributed by atoms with Crippen molar-refractivity contribution in [2.45, 2.75) is 32.6 Å². The molecule has 0 saturated heterocycles. The largest absolute Gasteiger partial charge is 0.495 e. The van der Waals surface area contributed by atoms with Crippen molar-refractivity contribution in [1.82, 2.24) is 0 Å². The Morgan fingerprint density at radius 2 is 1.71 bits per heavy atom. The van der Waals surface area contributed by atoms with Crippen molar-refractivity contribution in [1.29, 1.82) is 0 Å². The summed E-state index contributed by atoms with van der Waals surface area (Å²) < 4.78 is 33.8. The maximum Gasteiger partial charge on any atom is 0.335 e. The van der Waals surface area contributed by atoms with E-state index in [0.717, 1.165) is 0 Å². The SMILES string of the molecule is COc1ccc(S(=O)(=O)Nc2cc(C(=O)O)ccc2N(CC(C)C)CC(C)C)cc1Cl. The Balaban J connectivity index is 2.55. The van der Waals surface area contributed by atoms with E-state index in [4.69, 9.17) is 16.3 Å². The lowest BCUT2D eigenvalue weighted by Crippen LogP contribution is -2.32. The Morgan fingerprint density at radius 1 is 1.10 bits per heavy atom. The van der Waals surface area contributed by atoms with E-state index in [0.29, 0.717) is 36.4 Å². The highest BCUT2D eigenvalue weighted by molar-refractivity contribution is 7.92. The Bertz CT molecular complexity index is 1030. The van der Waals surface area contributed by atoms with Crippen molar-refractivity contribution in [3.8, 4) is 5.75 Å². The Kier molecular flexibility index (Phi) is 8.20. The third-order valence-electron chi connectivity index (χ3n) is 4.43. The number of sulfonamides is 1. The normalized spacial score (nSPS) is 11.6. The van der Waals surface area contributed by atoms with Gasteiger partial charge in [-0.1, -0.05) is 39.3 Å². The van der Waals surface area contributed by atoms with Crippen LogP contribution in [-0.4, -0.2) is 39.7 Å². The number of hydrogen-bond acceptors (Lipinski definition) is 5. The maximum atomic E-state index is 13.1. The predicted octanol–water partition coefficient (Wildman–Crippen LogP) is 4.97. The maximum absolute atomic E-state index is 13.1. The number of carbonyl (C=O) groups is 1. The molecule has 0 unspecified atom stereocenters. The van der Waals surface area contributed by atoms with Gasteiger partial charge in [-0.25, -0.2) is 13.2 Å². The fourth-order valence-corrected chi connectivity index (χ4v) is 4.61. The second-order valence-electron chi connectivity index (χ2n) is 8.13. The van der Waals surface area contributed by atoms with Crippen LogP contribution in [0.5, 0.6) is 5.75 Å². The molecule has 0 aromatic heterocycles. The van der Waals surface area contributed by atoms with Gasteiger partial charge in [0.25, 0.3) is 10.0 Å². The van der Waals surface area contributed by atoms with Gasteiger partial charge in [0.2, 0.25) is 0 Å². The van der Waals surface area contributed by atoms with Gasteiger partial charge in [-0.15, -0.1) is 0 Å². The lowest BCUT2D eigenvalue weighted by Gasteiger charge is -2.30. The molecule has 2 N–H and O–H groups in total. The van der Waals surface area contributed by atoms with E-state index in [1.807, 2.05) is 0 Å². The highest BCUT2D eigenvalue weighted by atomic mass is 35.5. The van der Waals surface area contributed by atoms with E-state index in [2.05, 4.69) is 37.3 Å². The van der Waals surface area contributed by atoms with Crippen LogP contribution < -0.4 is 14.4 Å². The standard InChI is InChI=1S/C22H29ClN2O5S/c1-14(2)12-25(13-15(3)4)20-8-6-16(22(26)27)10-19(20)24-31(28,29)17-7-9-21(30-5)18(23)11-17/h6-11,14-15,24H,12-13H2,1-5H3,(H,26,27). The molecule has 0 heterocycles. The topological polar surface area (TPSA) is 95.9 Å². The Morgan fingerprint density at radius 3 is 2.19 bits per heavy atom. The minimum Gasteiger partial charge on any atom is -0.495 e. The number of carboxylic acids is 1. The quantitative estimate of drug-likeness (QED) is 0.511. The monoisotopic (exact) mass is 468 g/mol. The highest BCUT2D eigenvalue weighted by Gasteiger charge is 2.22. The third kappa shape index (κ3) is 6.51. The van der Waals surface area contributed by atoms with Crippen LogP contribution in [0.1, 0.15) is 38.1 Å². The molecule has 31 heavy (non-hydrogen) atoms. The van der Waals surface area contributed by atoms with Crippen LogP contribution in [0.25, 0.3) is 0 Å². The molecule has 0 amide bonds. The summed E-state index contributed by atoms with van der Waals surface area (Å²) in [6.45, 7) is 9.66. The molecule has 2 aromatic carbocycles. The summed E-state index contributed by atoms with van der Waals surface area (Å²) >= 11 is 6.10. The average Bonchev–Trinajstić information content (AvgIpc) is 2.66. The number of nitrogens with one attached hydrogen (secondary N) is 1. The van der Waals surface area contributed by atoms with Gasteiger partial charge in [-0.05, 0) is 48.2 Å². The minimum atomic E-state index is -4.03. The first kappa shape index (κ1) is 24.8. The summed E-state index contributed by atoms with van der Waals surface area (Å²) in [7, 11) is -2.59. The molecule has 0 bridgehead atoms. The first-order valence-corrected chi connectivity index (χ1v) is 11.8. The number of rotatable bonds is 10. The highest BCUT2D eigenvalue weighted by Crippen LogP contribution is 2.32. The molecular formula is C22H29ClN2O5S. The molecular weight excluding hydrogens is 440 g/mol. The molecule has 0 spiro atoms. The van der Waals surface area contributed by atoms with Crippen LogP contribution in [0.3, 0.4) is 0 Å². The van der Waals surface area contributed by atoms with Gasteiger partial charge in [0, 0.05) is 13.1 Å². The van der Waals surface area contributed by atoms with Crippen molar-refractivity contribution in [2.24, 2.45) is 11.8 Å². The molecule has 9 heteroatoms. The van der Waals surface area contributed by atoms with Crippen molar-refractivity contribution in [3.63, 3.8) is 0 Å². The number of carboxylic acid groups (broad SMARTS) is 1. The number of methoxy groups -OCH3 is 1. The van der Waals surface area contributed by atoms with Crippen LogP contribution >= 0.6 is 11.6 Å². The number of anilines is 2.